The zero-order chi connectivity index (χ0) is 11.7. The fourth-order valence-electron chi connectivity index (χ4n) is 1.67. The number of hydrogen-bond acceptors (Lipinski definition) is 2. The molecule has 0 saturated heterocycles. The second-order valence-corrected chi connectivity index (χ2v) is 4.19. The second-order valence-electron chi connectivity index (χ2n) is 4.19. The van der Waals surface area contributed by atoms with Crippen LogP contribution in [-0.4, -0.2) is 17.1 Å². The highest BCUT2D eigenvalue weighted by molar-refractivity contribution is 5.95. The quantitative estimate of drug-likeness (QED) is 0.785. The predicted molar refractivity (Wildman–Crippen MR) is 63.6 cm³/mol. The van der Waals surface area contributed by atoms with Crippen molar-refractivity contribution in [1.82, 2.24) is 4.98 Å². The average molecular weight is 217 g/mol. The molecule has 1 aromatic heterocycles. The van der Waals surface area contributed by atoms with E-state index in [0.29, 0.717) is 5.56 Å². The van der Waals surface area contributed by atoms with Gasteiger partial charge in [-0.3, -0.25) is 0 Å². The lowest BCUT2D eigenvalue weighted by Gasteiger charge is -2.07. The van der Waals surface area contributed by atoms with E-state index in [1.54, 1.807) is 6.07 Å². The van der Waals surface area contributed by atoms with Gasteiger partial charge in [-0.15, -0.1) is 0 Å². The average Bonchev–Trinajstić information content (AvgIpc) is 2.59. The number of fused-ring (bicyclic) bond motifs is 1. The van der Waals surface area contributed by atoms with Crippen molar-refractivity contribution in [2.75, 3.05) is 0 Å². The van der Waals surface area contributed by atoms with E-state index in [-0.39, 0.29) is 12.1 Å². The Bertz CT molecular complexity index is 526. The van der Waals surface area contributed by atoms with Gasteiger partial charge in [-0.25, -0.2) is 4.79 Å². The highest BCUT2D eigenvalue weighted by Gasteiger charge is 2.10. The Labute approximate surface area is 94.4 Å². The van der Waals surface area contributed by atoms with Crippen molar-refractivity contribution >= 4 is 16.9 Å². The van der Waals surface area contributed by atoms with Gasteiger partial charge in [0.1, 0.15) is 0 Å². The minimum atomic E-state index is -0.266. The topological polar surface area (TPSA) is 42.1 Å². The molecule has 0 bridgehead atoms. The van der Waals surface area contributed by atoms with Gasteiger partial charge in [0.25, 0.3) is 0 Å². The number of aromatic nitrogens is 1. The van der Waals surface area contributed by atoms with E-state index in [0.717, 1.165) is 16.5 Å². The number of rotatable bonds is 2. The third-order valence-corrected chi connectivity index (χ3v) is 2.47. The summed E-state index contributed by atoms with van der Waals surface area (Å²) in [7, 11) is 0. The summed E-state index contributed by atoms with van der Waals surface area (Å²) in [5.74, 6) is -0.266. The van der Waals surface area contributed by atoms with Gasteiger partial charge >= 0.3 is 5.97 Å². The number of carbonyl (C=O) groups excluding carboxylic acids is 1. The number of aryl methyl sites for hydroxylation is 1. The van der Waals surface area contributed by atoms with Crippen molar-refractivity contribution in [3.05, 3.63) is 35.5 Å². The summed E-state index contributed by atoms with van der Waals surface area (Å²) >= 11 is 0. The third kappa shape index (κ3) is 1.94. The molecule has 84 valence electrons. The standard InChI is InChI=1S/C13H15NO2/c1-8(2)16-13(15)10-4-5-12-11(6-10)9(3)7-14-12/h4-8,14H,1-3H3. The van der Waals surface area contributed by atoms with Gasteiger partial charge in [-0.1, -0.05) is 0 Å². The molecule has 1 aromatic carbocycles. The molecule has 3 heteroatoms. The van der Waals surface area contributed by atoms with Crippen LogP contribution in [0.5, 0.6) is 0 Å². The third-order valence-electron chi connectivity index (χ3n) is 2.47. The molecular formula is C13H15NO2. The van der Waals surface area contributed by atoms with Gasteiger partial charge < -0.3 is 9.72 Å². The molecule has 0 amide bonds. The number of benzene rings is 1. The Kier molecular flexibility index (Phi) is 2.69. The number of esters is 1. The van der Waals surface area contributed by atoms with E-state index >= 15 is 0 Å². The molecule has 16 heavy (non-hydrogen) atoms. The fraction of sp³-hybridized carbons (Fsp3) is 0.308. The first-order valence-electron chi connectivity index (χ1n) is 5.36. The van der Waals surface area contributed by atoms with Crippen LogP contribution < -0.4 is 0 Å². The zero-order valence-corrected chi connectivity index (χ0v) is 9.70. The van der Waals surface area contributed by atoms with Crippen LogP contribution in [0.3, 0.4) is 0 Å². The van der Waals surface area contributed by atoms with Crippen LogP contribution in [0, 0.1) is 6.92 Å². The zero-order valence-electron chi connectivity index (χ0n) is 9.70. The first-order valence-corrected chi connectivity index (χ1v) is 5.36. The van der Waals surface area contributed by atoms with Crippen LogP contribution in [0.15, 0.2) is 24.4 Å². The van der Waals surface area contributed by atoms with Crippen LogP contribution in [0.1, 0.15) is 29.8 Å². The first-order chi connectivity index (χ1) is 7.58. The molecule has 3 nitrogen and oxygen atoms in total. The van der Waals surface area contributed by atoms with Crippen LogP contribution in [0.2, 0.25) is 0 Å². The lowest BCUT2D eigenvalue weighted by molar-refractivity contribution is 0.0378. The van der Waals surface area contributed by atoms with Crippen LogP contribution >= 0.6 is 0 Å². The highest BCUT2D eigenvalue weighted by Crippen LogP contribution is 2.19. The van der Waals surface area contributed by atoms with Crippen LogP contribution in [0.25, 0.3) is 10.9 Å². The predicted octanol–water partition coefficient (Wildman–Crippen LogP) is 3.04. The summed E-state index contributed by atoms with van der Waals surface area (Å²) in [4.78, 5) is 14.8. The lowest BCUT2D eigenvalue weighted by Crippen LogP contribution is -2.11. The van der Waals surface area contributed by atoms with E-state index in [1.165, 1.54) is 0 Å². The van der Waals surface area contributed by atoms with Gasteiger partial charge in [0.05, 0.1) is 11.7 Å². The monoisotopic (exact) mass is 217 g/mol. The molecule has 2 rings (SSSR count). The van der Waals surface area contributed by atoms with Gasteiger partial charge in [0.15, 0.2) is 0 Å². The van der Waals surface area contributed by atoms with Crippen molar-refractivity contribution in [2.45, 2.75) is 26.9 Å². The number of carbonyl (C=O) groups is 1. The van der Waals surface area contributed by atoms with Gasteiger partial charge in [-0.05, 0) is 44.5 Å². The van der Waals surface area contributed by atoms with Crippen molar-refractivity contribution in [3.63, 3.8) is 0 Å². The normalized spacial score (nSPS) is 11.0. The molecule has 0 spiro atoms. The number of H-pyrrole nitrogens is 1. The van der Waals surface area contributed by atoms with Crippen molar-refractivity contribution < 1.29 is 9.53 Å². The van der Waals surface area contributed by atoms with E-state index < -0.39 is 0 Å². The summed E-state index contributed by atoms with van der Waals surface area (Å²) in [5.41, 5.74) is 2.77. The van der Waals surface area contributed by atoms with Gasteiger partial charge in [0.2, 0.25) is 0 Å². The summed E-state index contributed by atoms with van der Waals surface area (Å²) in [6.07, 6.45) is 1.85. The summed E-state index contributed by atoms with van der Waals surface area (Å²) in [6.45, 7) is 5.70. The Morgan fingerprint density at radius 3 is 2.81 bits per heavy atom. The number of nitrogens with one attached hydrogen (secondary N) is 1. The minimum Gasteiger partial charge on any atom is -0.459 e. The Balaban J connectivity index is 2.38. The molecule has 2 aromatic rings. The molecule has 0 unspecified atom stereocenters. The Hall–Kier alpha value is -1.77. The summed E-state index contributed by atoms with van der Waals surface area (Å²) < 4.78 is 5.15. The summed E-state index contributed by atoms with van der Waals surface area (Å²) in [6, 6.07) is 5.55. The highest BCUT2D eigenvalue weighted by atomic mass is 16.5. The number of aromatic amines is 1. The summed E-state index contributed by atoms with van der Waals surface area (Å²) in [5, 5.41) is 1.07. The molecule has 0 atom stereocenters. The Morgan fingerprint density at radius 2 is 2.12 bits per heavy atom. The molecule has 0 saturated carbocycles. The van der Waals surface area contributed by atoms with Crippen LogP contribution in [-0.2, 0) is 4.74 Å². The number of ether oxygens (including phenoxy) is 1. The molecule has 0 aliphatic carbocycles. The molecule has 0 aliphatic heterocycles. The smallest absolute Gasteiger partial charge is 0.338 e. The van der Waals surface area contributed by atoms with E-state index in [1.807, 2.05) is 39.1 Å². The largest absolute Gasteiger partial charge is 0.459 e. The molecule has 0 fully saturated rings. The first kappa shape index (κ1) is 10.7. The molecule has 0 radical (unpaired) electrons. The maximum absolute atomic E-state index is 11.7. The number of hydrogen-bond donors (Lipinski definition) is 1. The molecule has 1 heterocycles. The van der Waals surface area contributed by atoms with Crippen LogP contribution in [0.4, 0.5) is 0 Å². The van der Waals surface area contributed by atoms with Gasteiger partial charge in [0, 0.05) is 17.1 Å². The SMILES string of the molecule is Cc1c[nH]c2ccc(C(=O)OC(C)C)cc12. The van der Waals surface area contributed by atoms with E-state index in [4.69, 9.17) is 4.74 Å². The second kappa shape index (κ2) is 4.00. The molecule has 0 aliphatic rings. The molecule has 1 N–H and O–H groups in total. The van der Waals surface area contributed by atoms with E-state index in [2.05, 4.69) is 4.98 Å². The fourth-order valence-corrected chi connectivity index (χ4v) is 1.67. The van der Waals surface area contributed by atoms with Crippen molar-refractivity contribution in [2.24, 2.45) is 0 Å². The van der Waals surface area contributed by atoms with Crippen molar-refractivity contribution in [1.29, 1.82) is 0 Å². The lowest BCUT2D eigenvalue weighted by atomic mass is 10.1. The maximum atomic E-state index is 11.7. The van der Waals surface area contributed by atoms with E-state index in [9.17, 15) is 4.79 Å². The van der Waals surface area contributed by atoms with Crippen molar-refractivity contribution in [3.8, 4) is 0 Å². The Morgan fingerprint density at radius 1 is 1.38 bits per heavy atom. The minimum absolute atomic E-state index is 0.0875. The van der Waals surface area contributed by atoms with Gasteiger partial charge in [-0.2, -0.15) is 0 Å². The maximum Gasteiger partial charge on any atom is 0.338 e. The molecular weight excluding hydrogens is 202 g/mol.